The summed E-state index contributed by atoms with van der Waals surface area (Å²) in [5.74, 6) is 0.0344. The summed E-state index contributed by atoms with van der Waals surface area (Å²) < 4.78 is 16.6. The summed E-state index contributed by atoms with van der Waals surface area (Å²) in [4.78, 5) is 31.7. The Hall–Kier alpha value is -3.43. The predicted molar refractivity (Wildman–Crippen MR) is 137 cm³/mol. The Labute approximate surface area is 212 Å². The fourth-order valence-corrected chi connectivity index (χ4v) is 4.74. The summed E-state index contributed by atoms with van der Waals surface area (Å²) in [5.41, 5.74) is 2.35. The molecule has 10 heteroatoms. The maximum absolute atomic E-state index is 12.8. The van der Waals surface area contributed by atoms with Gasteiger partial charge in [-0.1, -0.05) is 41.6 Å². The first kappa shape index (κ1) is 24.7. The largest absolute Gasteiger partial charge is 0.493 e. The van der Waals surface area contributed by atoms with Crippen molar-refractivity contribution in [2.24, 2.45) is 4.99 Å². The molecule has 2 aliphatic heterocycles. The van der Waals surface area contributed by atoms with Gasteiger partial charge in [-0.25, -0.2) is 9.79 Å². The number of halogens is 1. The van der Waals surface area contributed by atoms with Crippen LogP contribution in [-0.4, -0.2) is 42.3 Å². The van der Waals surface area contributed by atoms with E-state index in [1.54, 1.807) is 50.2 Å². The minimum Gasteiger partial charge on any atom is -0.493 e. The number of rotatable bonds is 8. The molecule has 0 unspecified atom stereocenters. The fraction of sp³-hybridized carbons (Fsp3) is 0.240. The molecule has 8 nitrogen and oxygen atoms in total. The van der Waals surface area contributed by atoms with Gasteiger partial charge in [0.1, 0.15) is 0 Å². The zero-order chi connectivity index (χ0) is 24.9. The molecule has 1 atom stereocenters. The van der Waals surface area contributed by atoms with Crippen molar-refractivity contribution < 1.29 is 23.8 Å². The van der Waals surface area contributed by atoms with E-state index in [0.717, 1.165) is 10.7 Å². The van der Waals surface area contributed by atoms with Crippen LogP contribution >= 0.6 is 23.4 Å². The van der Waals surface area contributed by atoms with E-state index < -0.39 is 12.0 Å². The monoisotopic (exact) mass is 513 g/mol. The first-order valence-corrected chi connectivity index (χ1v) is 12.1. The Morgan fingerprint density at radius 2 is 2.00 bits per heavy atom. The number of thioether (sulfide) groups is 1. The molecule has 0 fully saturated rings. The quantitative estimate of drug-likeness (QED) is 0.489. The van der Waals surface area contributed by atoms with Crippen molar-refractivity contribution in [1.82, 2.24) is 4.90 Å². The van der Waals surface area contributed by atoms with E-state index in [-0.39, 0.29) is 19.1 Å². The number of amides is 1. The molecule has 2 heterocycles. The summed E-state index contributed by atoms with van der Waals surface area (Å²) in [6, 6.07) is 11.9. The van der Waals surface area contributed by atoms with E-state index in [0.29, 0.717) is 33.5 Å². The number of hydrogen-bond acceptors (Lipinski definition) is 8. The van der Waals surface area contributed by atoms with Crippen molar-refractivity contribution in [2.45, 2.75) is 19.9 Å². The molecule has 1 N–H and O–H groups in total. The lowest BCUT2D eigenvalue weighted by atomic mass is 9.94. The third-order valence-corrected chi connectivity index (χ3v) is 6.43. The molecule has 1 amide bonds. The Morgan fingerprint density at radius 3 is 2.74 bits per heavy atom. The van der Waals surface area contributed by atoms with Gasteiger partial charge in [-0.3, -0.25) is 4.79 Å². The summed E-state index contributed by atoms with van der Waals surface area (Å²) in [5, 5.41) is 5.85. The minimum atomic E-state index is -0.445. The molecule has 0 spiro atoms. The molecular formula is C25H24ClN3O5S. The molecule has 2 aromatic carbocycles. The molecule has 2 aromatic rings. The van der Waals surface area contributed by atoms with Gasteiger partial charge in [-0.2, -0.15) is 0 Å². The normalized spacial score (nSPS) is 16.5. The van der Waals surface area contributed by atoms with Crippen LogP contribution in [-0.2, 0) is 14.3 Å². The number of methoxy groups -OCH3 is 1. The summed E-state index contributed by atoms with van der Waals surface area (Å²) in [6.45, 7) is 3.59. The fourth-order valence-electron chi connectivity index (χ4n) is 3.76. The van der Waals surface area contributed by atoms with Crippen LogP contribution in [0.4, 0.5) is 5.69 Å². The van der Waals surface area contributed by atoms with Crippen LogP contribution in [0, 0.1) is 0 Å². The minimum absolute atomic E-state index is 0.236. The van der Waals surface area contributed by atoms with Gasteiger partial charge in [0, 0.05) is 6.20 Å². The van der Waals surface area contributed by atoms with Crippen LogP contribution < -0.4 is 14.8 Å². The van der Waals surface area contributed by atoms with E-state index in [1.807, 2.05) is 22.6 Å². The third kappa shape index (κ3) is 5.31. The van der Waals surface area contributed by atoms with Gasteiger partial charge in [0.2, 0.25) is 0 Å². The number of allylic oxidation sites excluding steroid dienone is 1. The SMILES string of the molecule is CCOC(=O)C1=C(C)N=C2SC=CN2[C@H]1c1ccc(OCC(=O)Nc2ccccc2Cl)c(OC)c1. The van der Waals surface area contributed by atoms with Crippen LogP contribution in [0.25, 0.3) is 0 Å². The number of amidine groups is 1. The van der Waals surface area contributed by atoms with Gasteiger partial charge in [-0.15, -0.1) is 0 Å². The molecule has 4 rings (SSSR count). The van der Waals surface area contributed by atoms with Crippen molar-refractivity contribution in [3.8, 4) is 11.5 Å². The zero-order valence-electron chi connectivity index (χ0n) is 19.4. The first-order valence-electron chi connectivity index (χ1n) is 10.9. The van der Waals surface area contributed by atoms with Gasteiger partial charge >= 0.3 is 5.97 Å². The molecule has 0 saturated heterocycles. The summed E-state index contributed by atoms with van der Waals surface area (Å²) in [6.07, 6.45) is 1.88. The molecule has 0 bridgehead atoms. The Balaban J connectivity index is 1.56. The number of nitrogens with one attached hydrogen (secondary N) is 1. The molecule has 0 aliphatic carbocycles. The average molecular weight is 514 g/mol. The van der Waals surface area contributed by atoms with E-state index in [9.17, 15) is 9.59 Å². The van der Waals surface area contributed by atoms with Gasteiger partial charge in [0.15, 0.2) is 23.3 Å². The highest BCUT2D eigenvalue weighted by molar-refractivity contribution is 8.16. The molecule has 0 radical (unpaired) electrons. The number of hydrogen-bond donors (Lipinski definition) is 1. The topological polar surface area (TPSA) is 89.5 Å². The van der Waals surface area contributed by atoms with Crippen LogP contribution in [0.2, 0.25) is 5.02 Å². The first-order chi connectivity index (χ1) is 16.9. The number of fused-ring (bicyclic) bond motifs is 1. The average Bonchev–Trinajstić information content (AvgIpc) is 3.31. The van der Waals surface area contributed by atoms with Crippen LogP contribution in [0.15, 0.2) is 70.3 Å². The number of para-hydroxylation sites is 1. The van der Waals surface area contributed by atoms with Gasteiger partial charge in [-0.05, 0) is 49.1 Å². The van der Waals surface area contributed by atoms with Crippen LogP contribution in [0.3, 0.4) is 0 Å². The Bertz CT molecular complexity index is 1240. The smallest absolute Gasteiger partial charge is 0.338 e. The van der Waals surface area contributed by atoms with Crippen LogP contribution in [0.1, 0.15) is 25.5 Å². The van der Waals surface area contributed by atoms with Gasteiger partial charge in [0.25, 0.3) is 5.91 Å². The van der Waals surface area contributed by atoms with Crippen molar-refractivity contribution in [3.63, 3.8) is 0 Å². The molecular weight excluding hydrogens is 490 g/mol. The molecule has 0 aromatic heterocycles. The second-order valence-electron chi connectivity index (χ2n) is 7.55. The molecule has 2 aliphatic rings. The van der Waals surface area contributed by atoms with E-state index >= 15 is 0 Å². The number of anilines is 1. The van der Waals surface area contributed by atoms with Gasteiger partial charge in [0.05, 0.1) is 41.7 Å². The highest BCUT2D eigenvalue weighted by Crippen LogP contribution is 2.43. The number of esters is 1. The lowest BCUT2D eigenvalue weighted by Crippen LogP contribution is -2.34. The molecule has 0 saturated carbocycles. The standard InChI is InChI=1S/C25H24ClN3O5S/c1-4-33-24(31)22-15(2)27-25-29(11-12-35-25)23(22)16-9-10-19(20(13-16)32-3)34-14-21(30)28-18-8-6-5-7-17(18)26/h5-13,23H,4,14H2,1-3H3,(H,28,30)/t23-/m0/s1. The number of carbonyl (C=O) groups is 2. The summed E-state index contributed by atoms with van der Waals surface area (Å²) in [7, 11) is 1.52. The predicted octanol–water partition coefficient (Wildman–Crippen LogP) is 5.13. The van der Waals surface area contributed by atoms with Crippen LogP contribution in [0.5, 0.6) is 11.5 Å². The third-order valence-electron chi connectivity index (χ3n) is 5.33. The highest BCUT2D eigenvalue weighted by atomic mass is 35.5. The lowest BCUT2D eigenvalue weighted by Gasteiger charge is -2.33. The summed E-state index contributed by atoms with van der Waals surface area (Å²) >= 11 is 7.58. The molecule has 35 heavy (non-hydrogen) atoms. The van der Waals surface area contributed by atoms with E-state index in [4.69, 9.17) is 25.8 Å². The zero-order valence-corrected chi connectivity index (χ0v) is 21.0. The Morgan fingerprint density at radius 1 is 1.20 bits per heavy atom. The lowest BCUT2D eigenvalue weighted by molar-refractivity contribution is -0.139. The van der Waals surface area contributed by atoms with Crippen molar-refractivity contribution in [1.29, 1.82) is 0 Å². The number of carbonyl (C=O) groups excluding carboxylic acids is 2. The number of aliphatic imine (C=N–C) groups is 1. The van der Waals surface area contributed by atoms with E-state index in [1.165, 1.54) is 18.9 Å². The Kier molecular flexibility index (Phi) is 7.67. The maximum Gasteiger partial charge on any atom is 0.338 e. The number of nitrogens with zero attached hydrogens (tertiary/aromatic N) is 2. The van der Waals surface area contributed by atoms with E-state index in [2.05, 4.69) is 10.3 Å². The van der Waals surface area contributed by atoms with Crippen molar-refractivity contribution in [2.75, 3.05) is 25.6 Å². The second kappa shape index (κ2) is 10.9. The van der Waals surface area contributed by atoms with Gasteiger partial charge < -0.3 is 24.4 Å². The second-order valence-corrected chi connectivity index (χ2v) is 8.83. The maximum atomic E-state index is 12.8. The number of benzene rings is 2. The van der Waals surface area contributed by atoms with Crippen molar-refractivity contribution >= 4 is 46.1 Å². The number of ether oxygens (including phenoxy) is 3. The van der Waals surface area contributed by atoms with Crippen molar-refractivity contribution in [3.05, 3.63) is 75.9 Å². The highest BCUT2D eigenvalue weighted by Gasteiger charge is 2.37. The molecule has 182 valence electrons.